The Kier molecular flexibility index (Phi) is 7.00. The Morgan fingerprint density at radius 2 is 1.62 bits per heavy atom. The Hall–Kier alpha value is -3.41. The second-order valence-corrected chi connectivity index (χ2v) is 8.65. The van der Waals surface area contributed by atoms with E-state index in [0.29, 0.717) is 23.5 Å². The molecule has 0 atom stereocenters. The summed E-state index contributed by atoms with van der Waals surface area (Å²) in [7, 11) is 3.95. The number of rotatable bonds is 7. The van der Waals surface area contributed by atoms with Gasteiger partial charge in [-0.25, -0.2) is 4.98 Å². The molecule has 0 spiro atoms. The molecular weight excluding hydrogens is 398 g/mol. The lowest BCUT2D eigenvalue weighted by molar-refractivity contribution is 0.0943. The largest absolute Gasteiger partial charge is 0.363 e. The van der Waals surface area contributed by atoms with Crippen LogP contribution in [-0.4, -0.2) is 42.6 Å². The zero-order chi connectivity index (χ0) is 22.3. The molecule has 3 aromatic rings. The molecule has 6 heteroatoms. The average Bonchev–Trinajstić information content (AvgIpc) is 2.84. The summed E-state index contributed by atoms with van der Waals surface area (Å²) in [5.41, 5.74) is 2.98. The highest BCUT2D eigenvalue weighted by Crippen LogP contribution is 2.26. The van der Waals surface area contributed by atoms with E-state index in [-0.39, 0.29) is 5.91 Å². The van der Waals surface area contributed by atoms with E-state index in [9.17, 15) is 4.79 Å². The first-order valence-electron chi connectivity index (χ1n) is 11.3. The van der Waals surface area contributed by atoms with Crippen molar-refractivity contribution in [3.63, 3.8) is 0 Å². The molecule has 32 heavy (non-hydrogen) atoms. The molecule has 1 aliphatic rings. The molecule has 1 aromatic heterocycles. The first kappa shape index (κ1) is 21.8. The van der Waals surface area contributed by atoms with Gasteiger partial charge in [-0.05, 0) is 60.9 Å². The van der Waals surface area contributed by atoms with E-state index >= 15 is 0 Å². The summed E-state index contributed by atoms with van der Waals surface area (Å²) < 4.78 is 0. The number of hydrogen-bond donors (Lipinski definition) is 2. The van der Waals surface area contributed by atoms with E-state index in [1.54, 1.807) is 6.20 Å². The Morgan fingerprint density at radius 1 is 0.938 bits per heavy atom. The summed E-state index contributed by atoms with van der Waals surface area (Å²) in [5, 5.41) is 6.59. The third-order valence-electron chi connectivity index (χ3n) is 6.08. The molecule has 1 aliphatic carbocycles. The molecule has 2 aromatic carbocycles. The van der Waals surface area contributed by atoms with Crippen molar-refractivity contribution < 1.29 is 4.79 Å². The van der Waals surface area contributed by atoms with Crippen LogP contribution in [0.3, 0.4) is 0 Å². The number of amides is 1. The fourth-order valence-electron chi connectivity index (χ4n) is 4.15. The lowest BCUT2D eigenvalue weighted by Gasteiger charge is -2.29. The summed E-state index contributed by atoms with van der Waals surface area (Å²) in [5.74, 6) is 2.09. The van der Waals surface area contributed by atoms with Crippen LogP contribution in [0.4, 0.5) is 11.8 Å². The first-order chi connectivity index (χ1) is 15.6. The van der Waals surface area contributed by atoms with Crippen LogP contribution in [0.5, 0.6) is 0 Å². The van der Waals surface area contributed by atoms with E-state index in [0.717, 1.165) is 49.2 Å². The van der Waals surface area contributed by atoms with Gasteiger partial charge in [0.05, 0.1) is 0 Å². The molecule has 1 fully saturated rings. The van der Waals surface area contributed by atoms with Gasteiger partial charge in [0.1, 0.15) is 5.82 Å². The molecule has 166 valence electrons. The number of anilines is 2. The summed E-state index contributed by atoms with van der Waals surface area (Å²) in [6.07, 6.45) is 6.07. The number of nitrogens with one attached hydrogen (secondary N) is 2. The fourth-order valence-corrected chi connectivity index (χ4v) is 4.15. The normalized spacial score (nSPS) is 18.1. The van der Waals surface area contributed by atoms with Gasteiger partial charge in [-0.1, -0.05) is 42.5 Å². The highest BCUT2D eigenvalue weighted by molar-refractivity contribution is 5.94. The average molecular weight is 430 g/mol. The van der Waals surface area contributed by atoms with Crippen LogP contribution in [0.15, 0.2) is 66.9 Å². The SMILES string of the molecule is CN(C)c1ccnc(NC2CCC(CNC(=O)c3ccc(-c4ccccc4)cc3)CC2)n1. The lowest BCUT2D eigenvalue weighted by Crippen LogP contribution is -2.34. The van der Waals surface area contributed by atoms with Gasteiger partial charge in [-0.15, -0.1) is 0 Å². The summed E-state index contributed by atoms with van der Waals surface area (Å²) >= 11 is 0. The summed E-state index contributed by atoms with van der Waals surface area (Å²) in [4.78, 5) is 23.5. The third kappa shape index (κ3) is 5.63. The van der Waals surface area contributed by atoms with Gasteiger partial charge in [-0.2, -0.15) is 4.98 Å². The van der Waals surface area contributed by atoms with Crippen LogP contribution in [0, 0.1) is 5.92 Å². The number of hydrogen-bond acceptors (Lipinski definition) is 5. The minimum atomic E-state index is -0.00115. The topological polar surface area (TPSA) is 70.2 Å². The van der Waals surface area contributed by atoms with Gasteiger partial charge in [0.2, 0.25) is 5.95 Å². The molecule has 1 amide bonds. The highest BCUT2D eigenvalue weighted by atomic mass is 16.1. The molecule has 2 N–H and O–H groups in total. The summed E-state index contributed by atoms with van der Waals surface area (Å²) in [6, 6.07) is 20.3. The molecule has 0 radical (unpaired) electrons. The molecule has 0 unspecified atom stereocenters. The van der Waals surface area contributed by atoms with Crippen molar-refractivity contribution in [1.29, 1.82) is 0 Å². The monoisotopic (exact) mass is 429 g/mol. The number of carbonyl (C=O) groups is 1. The number of carbonyl (C=O) groups excluding carboxylic acids is 1. The Balaban J connectivity index is 1.22. The van der Waals surface area contributed by atoms with Gasteiger partial charge in [0, 0.05) is 38.4 Å². The van der Waals surface area contributed by atoms with E-state index < -0.39 is 0 Å². The maximum absolute atomic E-state index is 12.6. The molecule has 0 saturated heterocycles. The van der Waals surface area contributed by atoms with Crippen molar-refractivity contribution in [3.05, 3.63) is 72.4 Å². The quantitative estimate of drug-likeness (QED) is 0.574. The number of nitrogens with zero attached hydrogens (tertiary/aromatic N) is 3. The van der Waals surface area contributed by atoms with E-state index in [1.165, 1.54) is 0 Å². The van der Waals surface area contributed by atoms with Gasteiger partial charge in [-0.3, -0.25) is 4.79 Å². The highest BCUT2D eigenvalue weighted by Gasteiger charge is 2.22. The fraction of sp³-hybridized carbons (Fsp3) is 0.346. The lowest BCUT2D eigenvalue weighted by atomic mass is 9.86. The third-order valence-corrected chi connectivity index (χ3v) is 6.08. The zero-order valence-corrected chi connectivity index (χ0v) is 18.8. The van der Waals surface area contributed by atoms with Crippen molar-refractivity contribution in [2.75, 3.05) is 30.9 Å². The van der Waals surface area contributed by atoms with Gasteiger partial charge < -0.3 is 15.5 Å². The zero-order valence-electron chi connectivity index (χ0n) is 18.8. The smallest absolute Gasteiger partial charge is 0.251 e. The van der Waals surface area contributed by atoms with Crippen LogP contribution < -0.4 is 15.5 Å². The molecular formula is C26H31N5O. The Labute approximate surface area is 190 Å². The van der Waals surface area contributed by atoms with Crippen molar-refractivity contribution in [3.8, 4) is 11.1 Å². The van der Waals surface area contributed by atoms with Crippen molar-refractivity contribution in [2.45, 2.75) is 31.7 Å². The van der Waals surface area contributed by atoms with Gasteiger partial charge in [0.25, 0.3) is 5.91 Å². The van der Waals surface area contributed by atoms with Crippen molar-refractivity contribution in [2.24, 2.45) is 5.92 Å². The summed E-state index contributed by atoms with van der Waals surface area (Å²) in [6.45, 7) is 0.721. The van der Waals surface area contributed by atoms with Crippen LogP contribution in [0.1, 0.15) is 36.0 Å². The predicted molar refractivity (Wildman–Crippen MR) is 130 cm³/mol. The van der Waals surface area contributed by atoms with E-state index in [4.69, 9.17) is 0 Å². The second kappa shape index (κ2) is 10.3. The second-order valence-electron chi connectivity index (χ2n) is 8.65. The van der Waals surface area contributed by atoms with E-state index in [1.807, 2.05) is 67.5 Å². The molecule has 1 saturated carbocycles. The standard InChI is InChI=1S/C26H31N5O/c1-31(2)24-16-17-27-26(30-24)29-23-14-8-19(9-15-23)18-28-25(32)22-12-10-21(11-13-22)20-6-4-3-5-7-20/h3-7,10-13,16-17,19,23H,8-9,14-15,18H2,1-2H3,(H,28,32)(H,27,29,30). The molecule has 6 nitrogen and oxygen atoms in total. The van der Waals surface area contributed by atoms with Gasteiger partial charge >= 0.3 is 0 Å². The minimum absolute atomic E-state index is 0.00115. The molecule has 0 aliphatic heterocycles. The number of benzene rings is 2. The van der Waals surface area contributed by atoms with E-state index in [2.05, 4.69) is 32.7 Å². The van der Waals surface area contributed by atoms with Crippen LogP contribution in [0.2, 0.25) is 0 Å². The maximum atomic E-state index is 12.6. The van der Waals surface area contributed by atoms with Crippen LogP contribution in [0.25, 0.3) is 11.1 Å². The van der Waals surface area contributed by atoms with Crippen LogP contribution in [-0.2, 0) is 0 Å². The molecule has 1 heterocycles. The molecule has 0 bridgehead atoms. The predicted octanol–water partition coefficient (Wildman–Crippen LogP) is 4.61. The Bertz CT molecular complexity index is 1010. The minimum Gasteiger partial charge on any atom is -0.363 e. The molecule has 4 rings (SSSR count). The first-order valence-corrected chi connectivity index (χ1v) is 11.3. The van der Waals surface area contributed by atoms with Crippen molar-refractivity contribution in [1.82, 2.24) is 15.3 Å². The Morgan fingerprint density at radius 3 is 2.31 bits per heavy atom. The van der Waals surface area contributed by atoms with Crippen molar-refractivity contribution >= 4 is 17.7 Å². The maximum Gasteiger partial charge on any atom is 0.251 e. The van der Waals surface area contributed by atoms with Gasteiger partial charge in [0.15, 0.2) is 0 Å². The van der Waals surface area contributed by atoms with Crippen LogP contribution >= 0.6 is 0 Å². The number of aromatic nitrogens is 2.